The molecule has 2 amide bonds. The van der Waals surface area contributed by atoms with Gasteiger partial charge in [-0.25, -0.2) is 0 Å². The summed E-state index contributed by atoms with van der Waals surface area (Å²) in [4.78, 5) is 27.1. The lowest BCUT2D eigenvalue weighted by atomic mass is 10.3. The molecule has 1 saturated heterocycles. The third kappa shape index (κ3) is 4.27. The molecule has 0 spiro atoms. The van der Waals surface area contributed by atoms with Crippen molar-refractivity contribution >= 4 is 11.8 Å². The van der Waals surface area contributed by atoms with E-state index in [1.165, 1.54) is 4.90 Å². The van der Waals surface area contributed by atoms with Crippen LogP contribution in [-0.4, -0.2) is 72.6 Å². The average Bonchev–Trinajstić information content (AvgIpc) is 2.43. The second-order valence-corrected chi connectivity index (χ2v) is 4.41. The minimum absolute atomic E-state index is 0.107. The second kappa shape index (κ2) is 8.05. The molecule has 0 unspecified atom stereocenters. The van der Waals surface area contributed by atoms with Gasteiger partial charge in [-0.15, -0.1) is 0 Å². The van der Waals surface area contributed by atoms with Crippen LogP contribution in [-0.2, 0) is 9.59 Å². The zero-order valence-corrected chi connectivity index (χ0v) is 11.0. The highest BCUT2D eigenvalue weighted by Crippen LogP contribution is 2.01. The van der Waals surface area contributed by atoms with Crippen LogP contribution in [0.4, 0.5) is 0 Å². The van der Waals surface area contributed by atoms with Crippen LogP contribution < -0.4 is 5.32 Å². The lowest BCUT2D eigenvalue weighted by molar-refractivity contribution is -0.152. The van der Waals surface area contributed by atoms with Gasteiger partial charge < -0.3 is 20.2 Å². The predicted octanol–water partition coefficient (Wildman–Crippen LogP) is -0.961. The molecule has 2 N–H and O–H groups in total. The maximum absolute atomic E-state index is 12.0. The normalized spacial score (nSPS) is 15.6. The minimum Gasteiger partial charge on any atom is -0.395 e. The SMILES string of the molecule is CCCCN(CCO)C(=O)C(=O)N1CCNCC1. The topological polar surface area (TPSA) is 72.9 Å². The lowest BCUT2D eigenvalue weighted by Crippen LogP contribution is -2.52. The smallest absolute Gasteiger partial charge is 0.312 e. The van der Waals surface area contributed by atoms with Crippen LogP contribution in [0.25, 0.3) is 0 Å². The van der Waals surface area contributed by atoms with Crippen molar-refractivity contribution in [3.05, 3.63) is 0 Å². The predicted molar refractivity (Wildman–Crippen MR) is 68.0 cm³/mol. The van der Waals surface area contributed by atoms with E-state index in [0.29, 0.717) is 19.6 Å². The van der Waals surface area contributed by atoms with E-state index >= 15 is 0 Å². The van der Waals surface area contributed by atoms with E-state index in [-0.39, 0.29) is 13.2 Å². The molecule has 0 aromatic rings. The van der Waals surface area contributed by atoms with Gasteiger partial charge in [0.2, 0.25) is 0 Å². The molecule has 0 atom stereocenters. The number of nitrogens with zero attached hydrogens (tertiary/aromatic N) is 2. The summed E-state index contributed by atoms with van der Waals surface area (Å²) >= 11 is 0. The van der Waals surface area contributed by atoms with Gasteiger partial charge in [0.15, 0.2) is 0 Å². The van der Waals surface area contributed by atoms with Crippen molar-refractivity contribution in [3.63, 3.8) is 0 Å². The molecule has 0 aromatic carbocycles. The molecule has 6 nitrogen and oxygen atoms in total. The maximum atomic E-state index is 12.0. The zero-order chi connectivity index (χ0) is 13.4. The van der Waals surface area contributed by atoms with E-state index in [4.69, 9.17) is 5.11 Å². The number of piperazine rings is 1. The van der Waals surface area contributed by atoms with Crippen molar-refractivity contribution in [1.29, 1.82) is 0 Å². The van der Waals surface area contributed by atoms with E-state index in [1.54, 1.807) is 4.90 Å². The van der Waals surface area contributed by atoms with E-state index in [0.717, 1.165) is 25.9 Å². The Kier molecular flexibility index (Phi) is 6.67. The quantitative estimate of drug-likeness (QED) is 0.622. The molecular formula is C12H23N3O3. The molecular weight excluding hydrogens is 234 g/mol. The zero-order valence-electron chi connectivity index (χ0n) is 11.0. The van der Waals surface area contributed by atoms with Gasteiger partial charge in [-0.2, -0.15) is 0 Å². The number of aliphatic hydroxyl groups is 1. The highest BCUT2D eigenvalue weighted by molar-refractivity contribution is 6.34. The number of aliphatic hydroxyl groups excluding tert-OH is 1. The monoisotopic (exact) mass is 257 g/mol. The molecule has 6 heteroatoms. The van der Waals surface area contributed by atoms with Crippen molar-refractivity contribution < 1.29 is 14.7 Å². The van der Waals surface area contributed by atoms with Crippen LogP contribution in [0.1, 0.15) is 19.8 Å². The number of nitrogens with one attached hydrogen (secondary N) is 1. The van der Waals surface area contributed by atoms with Crippen molar-refractivity contribution in [2.75, 3.05) is 45.9 Å². The average molecular weight is 257 g/mol. The van der Waals surface area contributed by atoms with Crippen LogP contribution in [0, 0.1) is 0 Å². The molecule has 18 heavy (non-hydrogen) atoms. The third-order valence-electron chi connectivity index (χ3n) is 3.03. The summed E-state index contributed by atoms with van der Waals surface area (Å²) in [5, 5.41) is 12.1. The summed E-state index contributed by atoms with van der Waals surface area (Å²) in [5.41, 5.74) is 0. The first kappa shape index (κ1) is 14.9. The largest absolute Gasteiger partial charge is 0.395 e. The minimum atomic E-state index is -0.487. The van der Waals surface area contributed by atoms with E-state index in [1.807, 2.05) is 6.92 Å². The molecule has 0 saturated carbocycles. The second-order valence-electron chi connectivity index (χ2n) is 4.41. The fourth-order valence-electron chi connectivity index (χ4n) is 1.92. The number of hydrogen-bond donors (Lipinski definition) is 2. The maximum Gasteiger partial charge on any atom is 0.312 e. The molecule has 1 aliphatic heterocycles. The third-order valence-corrected chi connectivity index (χ3v) is 3.03. The van der Waals surface area contributed by atoms with Crippen LogP contribution in [0.3, 0.4) is 0 Å². The highest BCUT2D eigenvalue weighted by Gasteiger charge is 2.27. The molecule has 0 aliphatic carbocycles. The Hall–Kier alpha value is -1.14. The van der Waals surface area contributed by atoms with Crippen molar-refractivity contribution in [3.8, 4) is 0 Å². The molecule has 1 fully saturated rings. The Morgan fingerprint density at radius 2 is 1.94 bits per heavy atom. The Morgan fingerprint density at radius 3 is 2.50 bits per heavy atom. The van der Waals surface area contributed by atoms with Crippen molar-refractivity contribution in [1.82, 2.24) is 15.1 Å². The Balaban J connectivity index is 2.54. The summed E-state index contributed by atoms with van der Waals surface area (Å²) in [6.07, 6.45) is 1.80. The fourth-order valence-corrected chi connectivity index (χ4v) is 1.92. The highest BCUT2D eigenvalue weighted by atomic mass is 16.3. The Labute approximate surface area is 108 Å². The fraction of sp³-hybridized carbons (Fsp3) is 0.833. The number of amides is 2. The van der Waals surface area contributed by atoms with Gasteiger partial charge in [0, 0.05) is 39.3 Å². The molecule has 1 heterocycles. The van der Waals surface area contributed by atoms with Crippen LogP contribution in [0.15, 0.2) is 0 Å². The van der Waals surface area contributed by atoms with Crippen LogP contribution >= 0.6 is 0 Å². The standard InChI is InChI=1S/C12H23N3O3/c1-2-3-6-14(9-10-16)11(17)12(18)15-7-4-13-5-8-15/h13,16H,2-10H2,1H3. The Bertz CT molecular complexity index is 278. The van der Waals surface area contributed by atoms with Gasteiger partial charge in [-0.3, -0.25) is 9.59 Å². The summed E-state index contributed by atoms with van der Waals surface area (Å²) in [7, 11) is 0. The van der Waals surface area contributed by atoms with Crippen molar-refractivity contribution in [2.24, 2.45) is 0 Å². The van der Waals surface area contributed by atoms with E-state index in [9.17, 15) is 9.59 Å². The summed E-state index contributed by atoms with van der Waals surface area (Å²) in [6, 6.07) is 0. The van der Waals surface area contributed by atoms with Gasteiger partial charge in [0.1, 0.15) is 0 Å². The first-order valence-electron chi connectivity index (χ1n) is 6.60. The summed E-state index contributed by atoms with van der Waals surface area (Å²) < 4.78 is 0. The molecule has 0 radical (unpaired) electrons. The van der Waals surface area contributed by atoms with Gasteiger partial charge in [-0.1, -0.05) is 13.3 Å². The number of hydrogen-bond acceptors (Lipinski definition) is 4. The van der Waals surface area contributed by atoms with Crippen LogP contribution in [0.2, 0.25) is 0 Å². The Morgan fingerprint density at radius 1 is 1.28 bits per heavy atom. The number of carbonyl (C=O) groups excluding carboxylic acids is 2. The van der Waals surface area contributed by atoms with Gasteiger partial charge in [0.25, 0.3) is 0 Å². The van der Waals surface area contributed by atoms with E-state index < -0.39 is 11.8 Å². The van der Waals surface area contributed by atoms with Gasteiger partial charge in [0.05, 0.1) is 6.61 Å². The molecule has 0 aromatic heterocycles. The van der Waals surface area contributed by atoms with Crippen LogP contribution in [0.5, 0.6) is 0 Å². The first-order chi connectivity index (χ1) is 8.70. The molecule has 104 valence electrons. The van der Waals surface area contributed by atoms with Crippen molar-refractivity contribution in [2.45, 2.75) is 19.8 Å². The lowest BCUT2D eigenvalue weighted by Gasteiger charge is -2.29. The summed E-state index contributed by atoms with van der Waals surface area (Å²) in [6.45, 7) is 5.30. The van der Waals surface area contributed by atoms with Gasteiger partial charge >= 0.3 is 11.8 Å². The molecule has 0 bridgehead atoms. The number of carbonyl (C=O) groups is 2. The summed E-state index contributed by atoms with van der Waals surface area (Å²) in [5.74, 6) is -0.930. The van der Waals surface area contributed by atoms with E-state index in [2.05, 4.69) is 5.32 Å². The first-order valence-corrected chi connectivity index (χ1v) is 6.60. The number of unbranched alkanes of at least 4 members (excludes halogenated alkanes) is 1. The molecule has 1 rings (SSSR count). The molecule has 1 aliphatic rings. The van der Waals surface area contributed by atoms with Gasteiger partial charge in [-0.05, 0) is 6.42 Å². The number of rotatable bonds is 5.